The zero-order valence-electron chi connectivity index (χ0n) is 10.2. The molecule has 0 saturated carbocycles. The predicted octanol–water partition coefficient (Wildman–Crippen LogP) is 1.67. The summed E-state index contributed by atoms with van der Waals surface area (Å²) in [7, 11) is -3.85. The molecule has 0 fully saturated rings. The second-order valence-electron chi connectivity index (χ2n) is 4.03. The quantitative estimate of drug-likeness (QED) is 0.748. The fourth-order valence-corrected chi connectivity index (χ4v) is 3.14. The maximum absolute atomic E-state index is 13.2. The van der Waals surface area contributed by atoms with Gasteiger partial charge in [0.1, 0.15) is 4.90 Å². The summed E-state index contributed by atoms with van der Waals surface area (Å²) < 4.78 is 39.7. The van der Waals surface area contributed by atoms with Crippen molar-refractivity contribution in [2.45, 2.75) is 18.7 Å². The van der Waals surface area contributed by atoms with Crippen LogP contribution in [0.3, 0.4) is 0 Å². The Bertz CT molecular complexity index is 705. The number of phenolic OH excluding ortho intramolecular Hbond substituents is 1. The maximum Gasteiger partial charge on any atom is 0.265 e. The van der Waals surface area contributed by atoms with Gasteiger partial charge in [-0.25, -0.2) is 12.8 Å². The van der Waals surface area contributed by atoms with Crippen molar-refractivity contribution >= 4 is 15.7 Å². The standard InChI is InChI=1S/C11H12FN3O3S/c1-6-11(7(2)14-13-6)19(17,18)15-8-3-4-10(16)9(12)5-8/h3-5,15-16H,1-2H3,(H,13,14). The molecule has 1 heterocycles. The Balaban J connectivity index is 2.39. The van der Waals surface area contributed by atoms with E-state index in [1.165, 1.54) is 6.07 Å². The van der Waals surface area contributed by atoms with Crippen LogP contribution in [0.2, 0.25) is 0 Å². The highest BCUT2D eigenvalue weighted by Gasteiger charge is 2.22. The van der Waals surface area contributed by atoms with Crippen LogP contribution in [0.15, 0.2) is 23.1 Å². The van der Waals surface area contributed by atoms with Crippen LogP contribution in [0.4, 0.5) is 10.1 Å². The van der Waals surface area contributed by atoms with Crippen LogP contribution in [0.5, 0.6) is 5.75 Å². The number of hydrogen-bond acceptors (Lipinski definition) is 4. The fraction of sp³-hybridized carbons (Fsp3) is 0.182. The number of H-pyrrole nitrogens is 1. The number of hydrogen-bond donors (Lipinski definition) is 3. The SMILES string of the molecule is Cc1n[nH]c(C)c1S(=O)(=O)Nc1ccc(O)c(F)c1. The Morgan fingerprint density at radius 3 is 2.58 bits per heavy atom. The summed E-state index contributed by atoms with van der Waals surface area (Å²) in [4.78, 5) is 0.0287. The molecule has 6 nitrogen and oxygen atoms in total. The van der Waals surface area contributed by atoms with Crippen molar-refractivity contribution in [1.29, 1.82) is 0 Å². The topological polar surface area (TPSA) is 95.1 Å². The Morgan fingerprint density at radius 2 is 2.05 bits per heavy atom. The second kappa shape index (κ2) is 4.54. The van der Waals surface area contributed by atoms with Crippen LogP contribution < -0.4 is 4.72 Å². The van der Waals surface area contributed by atoms with Crippen molar-refractivity contribution in [3.05, 3.63) is 35.4 Å². The van der Waals surface area contributed by atoms with Gasteiger partial charge < -0.3 is 5.11 Å². The molecule has 2 aromatic rings. The number of halogens is 1. The number of aromatic hydroxyl groups is 1. The molecule has 102 valence electrons. The first-order valence-electron chi connectivity index (χ1n) is 5.34. The van der Waals surface area contributed by atoms with E-state index >= 15 is 0 Å². The number of rotatable bonds is 3. The van der Waals surface area contributed by atoms with Crippen LogP contribution >= 0.6 is 0 Å². The summed E-state index contributed by atoms with van der Waals surface area (Å²) in [6.07, 6.45) is 0. The van der Waals surface area contributed by atoms with Crippen LogP contribution in [0.25, 0.3) is 0 Å². The lowest BCUT2D eigenvalue weighted by molar-refractivity contribution is 0.432. The van der Waals surface area contributed by atoms with Crippen LogP contribution in [-0.2, 0) is 10.0 Å². The number of aromatic nitrogens is 2. The molecule has 3 N–H and O–H groups in total. The van der Waals surface area contributed by atoms with E-state index in [9.17, 15) is 12.8 Å². The van der Waals surface area contributed by atoms with Gasteiger partial charge in [0.15, 0.2) is 11.6 Å². The van der Waals surface area contributed by atoms with E-state index in [0.29, 0.717) is 11.4 Å². The zero-order valence-corrected chi connectivity index (χ0v) is 11.0. The largest absolute Gasteiger partial charge is 0.505 e. The average Bonchev–Trinajstić information content (AvgIpc) is 2.64. The second-order valence-corrected chi connectivity index (χ2v) is 5.65. The van der Waals surface area contributed by atoms with Gasteiger partial charge in [0, 0.05) is 6.07 Å². The summed E-state index contributed by atoms with van der Waals surface area (Å²) in [5.41, 5.74) is 0.740. The summed E-state index contributed by atoms with van der Waals surface area (Å²) in [5.74, 6) is -1.44. The Hall–Kier alpha value is -2.09. The minimum absolute atomic E-state index is 0.0234. The fourth-order valence-electron chi connectivity index (χ4n) is 1.71. The molecular formula is C11H12FN3O3S. The molecule has 0 aliphatic heterocycles. The molecule has 1 aromatic carbocycles. The molecular weight excluding hydrogens is 273 g/mol. The average molecular weight is 285 g/mol. The molecule has 19 heavy (non-hydrogen) atoms. The maximum atomic E-state index is 13.2. The Morgan fingerprint density at radius 1 is 1.37 bits per heavy atom. The number of nitrogens with one attached hydrogen (secondary N) is 2. The molecule has 0 saturated heterocycles. The van der Waals surface area contributed by atoms with Crippen molar-refractivity contribution in [1.82, 2.24) is 10.2 Å². The number of nitrogens with zero attached hydrogens (tertiary/aromatic N) is 1. The Kier molecular flexibility index (Phi) is 3.19. The lowest BCUT2D eigenvalue weighted by Crippen LogP contribution is -2.14. The number of aryl methyl sites for hydroxylation is 2. The first-order valence-corrected chi connectivity index (χ1v) is 6.82. The summed E-state index contributed by atoms with van der Waals surface area (Å²) in [6.45, 7) is 3.13. The molecule has 8 heteroatoms. The third-order valence-corrected chi connectivity index (χ3v) is 4.17. The molecule has 0 bridgehead atoms. The third-order valence-electron chi connectivity index (χ3n) is 2.53. The highest BCUT2D eigenvalue weighted by atomic mass is 32.2. The van der Waals surface area contributed by atoms with Gasteiger partial charge in [0.2, 0.25) is 0 Å². The lowest BCUT2D eigenvalue weighted by Gasteiger charge is -2.08. The van der Waals surface area contributed by atoms with Gasteiger partial charge in [-0.05, 0) is 26.0 Å². The van der Waals surface area contributed by atoms with E-state index in [2.05, 4.69) is 14.9 Å². The summed E-state index contributed by atoms with van der Waals surface area (Å²) in [6, 6.07) is 3.24. The minimum Gasteiger partial charge on any atom is -0.505 e. The molecule has 0 unspecified atom stereocenters. The molecule has 0 aliphatic rings. The van der Waals surface area contributed by atoms with E-state index in [4.69, 9.17) is 5.11 Å². The monoisotopic (exact) mass is 285 g/mol. The first-order chi connectivity index (χ1) is 8.81. The van der Waals surface area contributed by atoms with E-state index < -0.39 is 21.6 Å². The third kappa shape index (κ3) is 2.53. The van der Waals surface area contributed by atoms with Crippen molar-refractivity contribution < 1.29 is 17.9 Å². The minimum atomic E-state index is -3.85. The number of benzene rings is 1. The van der Waals surface area contributed by atoms with Gasteiger partial charge >= 0.3 is 0 Å². The van der Waals surface area contributed by atoms with Gasteiger partial charge in [-0.15, -0.1) is 0 Å². The molecule has 0 spiro atoms. The van der Waals surface area contributed by atoms with Gasteiger partial charge in [-0.2, -0.15) is 5.10 Å². The van der Waals surface area contributed by atoms with Gasteiger partial charge in [-0.3, -0.25) is 9.82 Å². The van der Waals surface area contributed by atoms with Crippen molar-refractivity contribution in [2.75, 3.05) is 4.72 Å². The number of anilines is 1. The first kappa shape index (κ1) is 13.3. The Labute approximate surface area is 109 Å². The summed E-state index contributed by atoms with van der Waals surface area (Å²) in [5, 5.41) is 15.4. The van der Waals surface area contributed by atoms with Crippen LogP contribution in [0.1, 0.15) is 11.4 Å². The highest BCUT2D eigenvalue weighted by Crippen LogP contribution is 2.24. The van der Waals surface area contributed by atoms with Gasteiger partial charge in [-0.1, -0.05) is 0 Å². The lowest BCUT2D eigenvalue weighted by atomic mass is 10.3. The smallest absolute Gasteiger partial charge is 0.265 e. The van der Waals surface area contributed by atoms with Crippen LogP contribution in [-0.4, -0.2) is 23.7 Å². The molecule has 0 amide bonds. The number of sulfonamides is 1. The van der Waals surface area contributed by atoms with E-state index in [0.717, 1.165) is 12.1 Å². The highest BCUT2D eigenvalue weighted by molar-refractivity contribution is 7.92. The van der Waals surface area contributed by atoms with Crippen molar-refractivity contribution in [3.8, 4) is 5.75 Å². The number of phenols is 1. The zero-order chi connectivity index (χ0) is 14.2. The van der Waals surface area contributed by atoms with Gasteiger partial charge in [0.05, 0.1) is 17.1 Å². The summed E-state index contributed by atoms with van der Waals surface area (Å²) >= 11 is 0. The van der Waals surface area contributed by atoms with E-state index in [1.54, 1.807) is 13.8 Å². The van der Waals surface area contributed by atoms with Gasteiger partial charge in [0.25, 0.3) is 10.0 Å². The molecule has 0 aliphatic carbocycles. The predicted molar refractivity (Wildman–Crippen MR) is 66.9 cm³/mol. The number of aromatic amines is 1. The molecule has 0 atom stereocenters. The van der Waals surface area contributed by atoms with Crippen molar-refractivity contribution in [2.24, 2.45) is 0 Å². The molecule has 0 radical (unpaired) electrons. The molecule has 2 rings (SSSR count). The normalized spacial score (nSPS) is 11.5. The molecule has 1 aromatic heterocycles. The van der Waals surface area contributed by atoms with Crippen LogP contribution in [0, 0.1) is 19.7 Å². The van der Waals surface area contributed by atoms with E-state index in [-0.39, 0.29) is 10.6 Å². The van der Waals surface area contributed by atoms with E-state index in [1.807, 2.05) is 0 Å². The van der Waals surface area contributed by atoms with Crippen molar-refractivity contribution in [3.63, 3.8) is 0 Å².